The number of nitriles is 1. The van der Waals surface area contributed by atoms with Gasteiger partial charge in [0.1, 0.15) is 18.4 Å². The van der Waals surface area contributed by atoms with Crippen LogP contribution in [0.1, 0.15) is 11.5 Å². The van der Waals surface area contributed by atoms with Gasteiger partial charge < -0.3 is 14.8 Å². The van der Waals surface area contributed by atoms with Crippen LogP contribution in [0.25, 0.3) is 0 Å². The molecule has 0 saturated heterocycles. The molecular formula is C16H11N3O6. The van der Waals surface area contributed by atoms with Crippen LogP contribution in [0.4, 0.5) is 5.69 Å². The maximum absolute atomic E-state index is 12.3. The number of ether oxygens (including phenoxy) is 2. The van der Waals surface area contributed by atoms with Crippen molar-refractivity contribution in [3.63, 3.8) is 0 Å². The molecule has 25 heavy (non-hydrogen) atoms. The Morgan fingerprint density at radius 3 is 2.92 bits per heavy atom. The van der Waals surface area contributed by atoms with Crippen LogP contribution in [0.15, 0.2) is 46.8 Å². The number of nitrogens with one attached hydrogen (secondary N) is 1. The third-order valence-electron chi connectivity index (χ3n) is 3.95. The van der Waals surface area contributed by atoms with Crippen molar-refractivity contribution in [2.45, 2.75) is 5.92 Å². The van der Waals surface area contributed by atoms with Gasteiger partial charge in [0.25, 0.3) is 5.69 Å². The molecule has 1 aromatic rings. The Labute approximate surface area is 141 Å². The summed E-state index contributed by atoms with van der Waals surface area (Å²) in [5.74, 6) is -2.46. The predicted molar refractivity (Wildman–Crippen MR) is 81.6 cm³/mol. The molecule has 2 aliphatic heterocycles. The van der Waals surface area contributed by atoms with E-state index in [2.05, 4.69) is 5.32 Å². The quantitative estimate of drug-likeness (QED) is 0.490. The van der Waals surface area contributed by atoms with Gasteiger partial charge in [0.05, 0.1) is 34.8 Å². The Hall–Kier alpha value is -3.67. The summed E-state index contributed by atoms with van der Waals surface area (Å²) in [5.41, 5.74) is 0.427. The highest BCUT2D eigenvalue weighted by Crippen LogP contribution is 2.41. The second-order valence-electron chi connectivity index (χ2n) is 5.27. The number of allylic oxidation sites excluding steroid dienone is 1. The Morgan fingerprint density at radius 2 is 2.28 bits per heavy atom. The van der Waals surface area contributed by atoms with Crippen molar-refractivity contribution in [1.29, 1.82) is 5.26 Å². The van der Waals surface area contributed by atoms with Gasteiger partial charge in [-0.15, -0.1) is 0 Å². The van der Waals surface area contributed by atoms with E-state index in [1.165, 1.54) is 24.3 Å². The first-order valence-electron chi connectivity index (χ1n) is 7.12. The number of cyclic esters (lactones) is 1. The minimum atomic E-state index is -0.992. The number of rotatable bonds is 3. The lowest BCUT2D eigenvalue weighted by Crippen LogP contribution is -2.30. The van der Waals surface area contributed by atoms with E-state index in [1.54, 1.807) is 0 Å². The standard InChI is InChI=1S/C16H11N3O6/c1-24-15(20)13-10(6-17)18-11-7-25-16(21)14(11)12(13)8-3-2-4-9(5-8)19(22)23/h2-5,12,18H,7H2,1H3. The molecule has 1 N–H and O–H groups in total. The molecule has 1 aromatic carbocycles. The predicted octanol–water partition coefficient (Wildman–Crippen LogP) is 1.04. The van der Waals surface area contributed by atoms with Gasteiger partial charge in [0.15, 0.2) is 0 Å². The van der Waals surface area contributed by atoms with Gasteiger partial charge >= 0.3 is 11.9 Å². The van der Waals surface area contributed by atoms with Gasteiger partial charge in [-0.2, -0.15) is 5.26 Å². The minimum absolute atomic E-state index is 0.0702. The summed E-state index contributed by atoms with van der Waals surface area (Å²) in [6.45, 7) is -0.0702. The SMILES string of the molecule is COC(=O)C1=C(C#N)NC2=C(C(=O)OC2)C1c1cccc([N+](=O)[O-])c1. The molecule has 0 fully saturated rings. The highest BCUT2D eigenvalue weighted by molar-refractivity contribution is 6.01. The minimum Gasteiger partial charge on any atom is -0.466 e. The number of hydrogen-bond acceptors (Lipinski definition) is 8. The van der Waals surface area contributed by atoms with E-state index in [1.807, 2.05) is 6.07 Å². The molecule has 9 nitrogen and oxygen atoms in total. The zero-order chi connectivity index (χ0) is 18.1. The zero-order valence-electron chi connectivity index (χ0n) is 12.9. The Balaban J connectivity index is 2.24. The van der Waals surface area contributed by atoms with Gasteiger partial charge in [-0.25, -0.2) is 9.59 Å². The van der Waals surface area contributed by atoms with Crippen molar-refractivity contribution < 1.29 is 24.0 Å². The van der Waals surface area contributed by atoms with E-state index in [0.717, 1.165) is 7.11 Å². The zero-order valence-corrected chi connectivity index (χ0v) is 12.9. The first kappa shape index (κ1) is 16.2. The number of hydrogen-bond donors (Lipinski definition) is 1. The molecule has 9 heteroatoms. The summed E-state index contributed by atoms with van der Waals surface area (Å²) in [5, 5.41) is 23.1. The van der Waals surface area contributed by atoms with E-state index in [4.69, 9.17) is 9.47 Å². The molecule has 126 valence electrons. The molecule has 1 unspecified atom stereocenters. The largest absolute Gasteiger partial charge is 0.466 e. The fourth-order valence-corrected chi connectivity index (χ4v) is 2.89. The fraction of sp³-hybridized carbons (Fsp3) is 0.188. The number of dihydropyridines is 1. The highest BCUT2D eigenvalue weighted by Gasteiger charge is 2.43. The number of carbonyl (C=O) groups is 2. The second-order valence-corrected chi connectivity index (χ2v) is 5.27. The highest BCUT2D eigenvalue weighted by atomic mass is 16.6. The van der Waals surface area contributed by atoms with Crippen LogP contribution < -0.4 is 5.32 Å². The average molecular weight is 341 g/mol. The monoisotopic (exact) mass is 341 g/mol. The van der Waals surface area contributed by atoms with Gasteiger partial charge in [0.2, 0.25) is 0 Å². The first-order chi connectivity index (χ1) is 12.0. The number of nitro groups is 1. The van der Waals surface area contributed by atoms with Gasteiger partial charge in [-0.05, 0) is 5.56 Å². The van der Waals surface area contributed by atoms with E-state index < -0.39 is 22.8 Å². The molecule has 2 aliphatic rings. The number of nitrogens with zero attached hydrogens (tertiary/aromatic N) is 2. The topological polar surface area (TPSA) is 132 Å². The molecule has 0 bridgehead atoms. The molecule has 0 amide bonds. The summed E-state index contributed by atoms with van der Waals surface area (Å²) in [4.78, 5) is 34.9. The molecule has 3 rings (SSSR count). The van der Waals surface area contributed by atoms with E-state index >= 15 is 0 Å². The van der Waals surface area contributed by atoms with Crippen LogP contribution in [-0.4, -0.2) is 30.6 Å². The maximum Gasteiger partial charge on any atom is 0.337 e. The van der Waals surface area contributed by atoms with Crippen molar-refractivity contribution in [3.8, 4) is 6.07 Å². The van der Waals surface area contributed by atoms with Crippen molar-refractivity contribution in [2.75, 3.05) is 13.7 Å². The number of nitro benzene ring substituents is 1. The normalized spacial score (nSPS) is 18.9. The fourth-order valence-electron chi connectivity index (χ4n) is 2.89. The number of esters is 2. The van der Waals surface area contributed by atoms with Gasteiger partial charge in [-0.3, -0.25) is 10.1 Å². The van der Waals surface area contributed by atoms with Crippen LogP contribution in [-0.2, 0) is 19.1 Å². The van der Waals surface area contributed by atoms with Gasteiger partial charge in [-0.1, -0.05) is 12.1 Å². The third-order valence-corrected chi connectivity index (χ3v) is 3.95. The van der Waals surface area contributed by atoms with Crippen molar-refractivity contribution in [2.24, 2.45) is 0 Å². The smallest absolute Gasteiger partial charge is 0.337 e. The van der Waals surface area contributed by atoms with Crippen molar-refractivity contribution in [3.05, 3.63) is 62.5 Å². The van der Waals surface area contributed by atoms with Crippen molar-refractivity contribution >= 4 is 17.6 Å². The maximum atomic E-state index is 12.3. The number of benzene rings is 1. The van der Waals surface area contributed by atoms with E-state index in [0.29, 0.717) is 11.3 Å². The second kappa shape index (κ2) is 6.09. The lowest BCUT2D eigenvalue weighted by atomic mass is 9.80. The van der Waals surface area contributed by atoms with Gasteiger partial charge in [0, 0.05) is 12.1 Å². The summed E-state index contributed by atoms with van der Waals surface area (Å²) in [6.07, 6.45) is 0. The molecule has 1 atom stereocenters. The molecule has 0 aromatic heterocycles. The lowest BCUT2D eigenvalue weighted by molar-refractivity contribution is -0.384. The van der Waals surface area contributed by atoms with Crippen LogP contribution in [0.5, 0.6) is 0 Å². The molecule has 0 aliphatic carbocycles. The molecular weight excluding hydrogens is 330 g/mol. The van der Waals surface area contributed by atoms with Crippen molar-refractivity contribution in [1.82, 2.24) is 5.32 Å². The first-order valence-corrected chi connectivity index (χ1v) is 7.12. The lowest BCUT2D eigenvalue weighted by Gasteiger charge is -2.25. The Kier molecular flexibility index (Phi) is 3.94. The van der Waals surface area contributed by atoms with Crippen LogP contribution in [0.3, 0.4) is 0 Å². The molecule has 0 spiro atoms. The summed E-state index contributed by atoms with van der Waals surface area (Å²) in [7, 11) is 1.14. The number of non-ortho nitro benzene ring substituents is 1. The average Bonchev–Trinajstić information content (AvgIpc) is 3.00. The Bertz CT molecular complexity index is 909. The molecule has 0 saturated carbocycles. The van der Waals surface area contributed by atoms with E-state index in [9.17, 15) is 25.0 Å². The molecule has 2 heterocycles. The van der Waals surface area contributed by atoms with Crippen LogP contribution in [0, 0.1) is 21.4 Å². The summed E-state index contributed by atoms with van der Waals surface area (Å²) < 4.78 is 9.72. The van der Waals surface area contributed by atoms with E-state index in [-0.39, 0.29) is 29.1 Å². The van der Waals surface area contributed by atoms with Crippen LogP contribution in [0.2, 0.25) is 0 Å². The Morgan fingerprint density at radius 1 is 1.52 bits per heavy atom. The molecule has 0 radical (unpaired) electrons. The summed E-state index contributed by atoms with van der Waals surface area (Å²) in [6, 6.07) is 7.39. The number of carbonyl (C=O) groups excluding carboxylic acids is 2. The third kappa shape index (κ3) is 2.59. The summed E-state index contributed by atoms with van der Waals surface area (Å²) >= 11 is 0. The number of methoxy groups -OCH3 is 1. The van der Waals surface area contributed by atoms with Crippen LogP contribution >= 0.6 is 0 Å².